The molecule has 1 aliphatic rings. The Labute approximate surface area is 123 Å². The number of benzene rings is 1. The van der Waals surface area contributed by atoms with Crippen molar-refractivity contribution in [3.63, 3.8) is 0 Å². The van der Waals surface area contributed by atoms with E-state index < -0.39 is 0 Å². The van der Waals surface area contributed by atoms with Crippen molar-refractivity contribution < 1.29 is 9.53 Å². The third-order valence-electron chi connectivity index (χ3n) is 4.07. The third kappa shape index (κ3) is 2.51. The molecule has 1 fully saturated rings. The van der Waals surface area contributed by atoms with Crippen LogP contribution < -0.4 is 10.6 Å². The Kier molecular flexibility index (Phi) is 3.64. The molecule has 21 heavy (non-hydrogen) atoms. The number of nitrogen functional groups attached to an aromatic ring is 1. The molecule has 0 saturated carbocycles. The number of hydrogen-bond acceptors (Lipinski definition) is 5. The number of methoxy groups -OCH3 is 1. The van der Waals surface area contributed by atoms with E-state index in [1.165, 1.54) is 7.11 Å². The lowest BCUT2D eigenvalue weighted by Crippen LogP contribution is -2.39. The van der Waals surface area contributed by atoms with Gasteiger partial charge >= 0.3 is 5.97 Å². The minimum Gasteiger partial charge on any atom is -0.469 e. The monoisotopic (exact) mass is 285 g/mol. The van der Waals surface area contributed by atoms with Crippen molar-refractivity contribution in [1.82, 2.24) is 4.98 Å². The van der Waals surface area contributed by atoms with Crippen LogP contribution in [0.15, 0.2) is 30.5 Å². The topological polar surface area (TPSA) is 68.5 Å². The van der Waals surface area contributed by atoms with Crippen LogP contribution in [0.5, 0.6) is 0 Å². The van der Waals surface area contributed by atoms with Gasteiger partial charge in [0.25, 0.3) is 0 Å². The van der Waals surface area contributed by atoms with Gasteiger partial charge in [0.15, 0.2) is 0 Å². The number of fused-ring (bicyclic) bond motifs is 1. The second-order valence-corrected chi connectivity index (χ2v) is 5.39. The van der Waals surface area contributed by atoms with Crippen LogP contribution in [0.3, 0.4) is 0 Å². The molecule has 2 heterocycles. The number of ether oxygens (including phenoxy) is 1. The van der Waals surface area contributed by atoms with E-state index in [0.717, 1.165) is 41.7 Å². The number of aromatic nitrogens is 1. The maximum atomic E-state index is 11.8. The molecule has 110 valence electrons. The Bertz CT molecular complexity index is 672. The molecule has 5 nitrogen and oxygen atoms in total. The smallest absolute Gasteiger partial charge is 0.310 e. The molecule has 1 aliphatic heterocycles. The fourth-order valence-corrected chi connectivity index (χ4v) is 3.00. The Morgan fingerprint density at radius 1 is 1.38 bits per heavy atom. The van der Waals surface area contributed by atoms with Crippen LogP contribution in [0.25, 0.3) is 10.8 Å². The second-order valence-electron chi connectivity index (χ2n) is 5.39. The van der Waals surface area contributed by atoms with Gasteiger partial charge in [-0.05, 0) is 25.0 Å². The minimum atomic E-state index is -0.139. The summed E-state index contributed by atoms with van der Waals surface area (Å²) in [5.74, 6) is 0.676. The van der Waals surface area contributed by atoms with E-state index in [4.69, 9.17) is 10.5 Å². The van der Waals surface area contributed by atoms with Gasteiger partial charge in [-0.25, -0.2) is 4.98 Å². The first-order valence-electron chi connectivity index (χ1n) is 7.16. The summed E-state index contributed by atoms with van der Waals surface area (Å²) in [6, 6.07) is 7.77. The number of anilines is 2. The zero-order valence-electron chi connectivity index (χ0n) is 12.1. The van der Waals surface area contributed by atoms with Crippen molar-refractivity contribution in [3.05, 3.63) is 30.5 Å². The van der Waals surface area contributed by atoms with Crippen LogP contribution in [0.2, 0.25) is 0 Å². The predicted molar refractivity (Wildman–Crippen MR) is 83.1 cm³/mol. The lowest BCUT2D eigenvalue weighted by Gasteiger charge is -2.32. The highest BCUT2D eigenvalue weighted by atomic mass is 16.5. The van der Waals surface area contributed by atoms with E-state index in [9.17, 15) is 4.79 Å². The van der Waals surface area contributed by atoms with Crippen molar-refractivity contribution in [2.75, 3.05) is 30.8 Å². The Morgan fingerprint density at radius 3 is 3.05 bits per heavy atom. The summed E-state index contributed by atoms with van der Waals surface area (Å²) < 4.78 is 4.87. The summed E-state index contributed by atoms with van der Waals surface area (Å²) in [4.78, 5) is 18.4. The molecular weight excluding hydrogens is 266 g/mol. The molecule has 0 amide bonds. The van der Waals surface area contributed by atoms with Crippen LogP contribution in [-0.2, 0) is 9.53 Å². The first-order valence-corrected chi connectivity index (χ1v) is 7.16. The number of nitrogens with zero attached hydrogens (tertiary/aromatic N) is 2. The van der Waals surface area contributed by atoms with Crippen molar-refractivity contribution in [2.24, 2.45) is 5.92 Å². The van der Waals surface area contributed by atoms with E-state index in [-0.39, 0.29) is 11.9 Å². The number of carbonyl (C=O) groups is 1. The van der Waals surface area contributed by atoms with Gasteiger partial charge in [-0.2, -0.15) is 0 Å². The van der Waals surface area contributed by atoms with E-state index in [1.54, 1.807) is 6.20 Å². The molecule has 0 spiro atoms. The SMILES string of the molecule is COC(=O)C1CCCN(c2nccc3c(N)cccc23)C1. The number of nitrogens with two attached hydrogens (primary N) is 1. The molecule has 0 bridgehead atoms. The van der Waals surface area contributed by atoms with E-state index >= 15 is 0 Å². The first kappa shape index (κ1) is 13.7. The van der Waals surface area contributed by atoms with Crippen molar-refractivity contribution in [1.29, 1.82) is 0 Å². The number of piperidine rings is 1. The maximum Gasteiger partial charge on any atom is 0.310 e. The summed E-state index contributed by atoms with van der Waals surface area (Å²) in [7, 11) is 1.44. The third-order valence-corrected chi connectivity index (χ3v) is 4.07. The van der Waals surface area contributed by atoms with Gasteiger partial charge in [-0.3, -0.25) is 4.79 Å². The Balaban J connectivity index is 1.97. The molecule has 2 N–H and O–H groups in total. The quantitative estimate of drug-likeness (QED) is 0.677. The average Bonchev–Trinajstić information content (AvgIpc) is 2.54. The number of rotatable bonds is 2. The fourth-order valence-electron chi connectivity index (χ4n) is 3.00. The zero-order valence-corrected chi connectivity index (χ0v) is 12.1. The summed E-state index contributed by atoms with van der Waals surface area (Å²) in [5.41, 5.74) is 6.78. The van der Waals surface area contributed by atoms with Crippen molar-refractivity contribution in [3.8, 4) is 0 Å². The van der Waals surface area contributed by atoms with Gasteiger partial charge < -0.3 is 15.4 Å². The second kappa shape index (κ2) is 5.60. The minimum absolute atomic E-state index is 0.0816. The first-order chi connectivity index (χ1) is 10.2. The van der Waals surface area contributed by atoms with Crippen molar-refractivity contribution in [2.45, 2.75) is 12.8 Å². The molecule has 1 aromatic heterocycles. The molecule has 1 atom stereocenters. The molecule has 1 saturated heterocycles. The zero-order chi connectivity index (χ0) is 14.8. The number of hydrogen-bond donors (Lipinski definition) is 1. The number of esters is 1. The molecule has 1 unspecified atom stereocenters. The molecular formula is C16H19N3O2. The predicted octanol–water partition coefficient (Wildman–Crippen LogP) is 2.21. The van der Waals surface area contributed by atoms with E-state index in [2.05, 4.69) is 9.88 Å². The number of carbonyl (C=O) groups excluding carboxylic acids is 1. The van der Waals surface area contributed by atoms with E-state index in [0.29, 0.717) is 6.54 Å². The van der Waals surface area contributed by atoms with Crippen LogP contribution >= 0.6 is 0 Å². The molecule has 5 heteroatoms. The largest absolute Gasteiger partial charge is 0.469 e. The van der Waals surface area contributed by atoms with Gasteiger partial charge in [0.1, 0.15) is 5.82 Å². The lowest BCUT2D eigenvalue weighted by molar-refractivity contribution is -0.145. The standard InChI is InChI=1S/C16H19N3O2/c1-21-16(20)11-4-3-9-19(10-11)15-13-5-2-6-14(17)12(13)7-8-18-15/h2,5-8,11H,3-4,9-10,17H2,1H3. The van der Waals surface area contributed by atoms with Gasteiger partial charge in [0.2, 0.25) is 0 Å². The van der Waals surface area contributed by atoms with Crippen LogP contribution in [0, 0.1) is 5.92 Å². The van der Waals surface area contributed by atoms with Crippen LogP contribution in [-0.4, -0.2) is 31.2 Å². The molecule has 2 aromatic rings. The highest BCUT2D eigenvalue weighted by molar-refractivity contribution is 5.99. The van der Waals surface area contributed by atoms with Gasteiger partial charge in [0.05, 0.1) is 13.0 Å². The Hall–Kier alpha value is -2.30. The highest BCUT2D eigenvalue weighted by Gasteiger charge is 2.27. The van der Waals surface area contributed by atoms with Crippen LogP contribution in [0.4, 0.5) is 11.5 Å². The molecule has 3 rings (SSSR count). The summed E-state index contributed by atoms with van der Waals surface area (Å²) in [5, 5.41) is 2.03. The van der Waals surface area contributed by atoms with Crippen molar-refractivity contribution >= 4 is 28.2 Å². The highest BCUT2D eigenvalue weighted by Crippen LogP contribution is 2.31. The molecule has 0 radical (unpaired) electrons. The summed E-state index contributed by atoms with van der Waals surface area (Å²) in [6.45, 7) is 1.54. The number of pyridine rings is 1. The van der Waals surface area contributed by atoms with Gasteiger partial charge in [0, 0.05) is 35.7 Å². The molecule has 0 aliphatic carbocycles. The lowest BCUT2D eigenvalue weighted by atomic mass is 9.97. The van der Waals surface area contributed by atoms with Gasteiger partial charge in [-0.1, -0.05) is 12.1 Å². The summed E-state index contributed by atoms with van der Waals surface area (Å²) >= 11 is 0. The Morgan fingerprint density at radius 2 is 2.24 bits per heavy atom. The normalized spacial score (nSPS) is 18.7. The summed E-state index contributed by atoms with van der Waals surface area (Å²) in [6.07, 6.45) is 3.60. The van der Waals surface area contributed by atoms with Crippen LogP contribution in [0.1, 0.15) is 12.8 Å². The molecule has 1 aromatic carbocycles. The van der Waals surface area contributed by atoms with E-state index in [1.807, 2.05) is 24.3 Å². The fraction of sp³-hybridized carbons (Fsp3) is 0.375. The maximum absolute atomic E-state index is 11.8. The average molecular weight is 285 g/mol. The van der Waals surface area contributed by atoms with Gasteiger partial charge in [-0.15, -0.1) is 0 Å².